The van der Waals surface area contributed by atoms with Gasteiger partial charge in [0.25, 0.3) is 5.91 Å². The molecule has 0 spiro atoms. The van der Waals surface area contributed by atoms with Crippen molar-refractivity contribution in [1.29, 1.82) is 0 Å². The van der Waals surface area contributed by atoms with Gasteiger partial charge in [-0.3, -0.25) is 9.69 Å². The van der Waals surface area contributed by atoms with Crippen LogP contribution in [0.3, 0.4) is 0 Å². The predicted molar refractivity (Wildman–Crippen MR) is 91.5 cm³/mol. The Hall–Kier alpha value is -1.73. The quantitative estimate of drug-likeness (QED) is 0.816. The molecule has 1 aromatic rings. The molecular formula is C18H26N4O3. The van der Waals surface area contributed by atoms with Crippen molar-refractivity contribution < 1.29 is 14.3 Å². The van der Waals surface area contributed by atoms with Crippen LogP contribution in [0, 0.1) is 5.92 Å². The Morgan fingerprint density at radius 1 is 1.28 bits per heavy atom. The van der Waals surface area contributed by atoms with Crippen molar-refractivity contribution in [3.8, 4) is 5.75 Å². The minimum absolute atomic E-state index is 0.109. The van der Waals surface area contributed by atoms with Crippen molar-refractivity contribution in [3.63, 3.8) is 0 Å². The zero-order valence-corrected chi connectivity index (χ0v) is 14.8. The fraction of sp³-hybridized carbons (Fsp3) is 0.722. The molecule has 1 saturated carbocycles. The molecule has 7 nitrogen and oxygen atoms in total. The number of carbonyl (C=O) groups excluding carboxylic acids is 1. The van der Waals surface area contributed by atoms with Crippen molar-refractivity contribution in [2.24, 2.45) is 5.92 Å². The molecule has 2 aliphatic heterocycles. The highest BCUT2D eigenvalue weighted by molar-refractivity contribution is 5.90. The zero-order valence-electron chi connectivity index (χ0n) is 14.8. The Morgan fingerprint density at radius 2 is 2.04 bits per heavy atom. The first kappa shape index (κ1) is 16.7. The monoisotopic (exact) mass is 346 g/mol. The van der Waals surface area contributed by atoms with Crippen molar-refractivity contribution in [1.82, 2.24) is 19.8 Å². The van der Waals surface area contributed by atoms with E-state index in [0.717, 1.165) is 25.6 Å². The van der Waals surface area contributed by atoms with Crippen molar-refractivity contribution in [2.75, 3.05) is 39.9 Å². The van der Waals surface area contributed by atoms with Crippen LogP contribution in [0.5, 0.6) is 5.75 Å². The van der Waals surface area contributed by atoms with E-state index in [0.29, 0.717) is 24.9 Å². The lowest BCUT2D eigenvalue weighted by molar-refractivity contribution is -0.0516. The highest BCUT2D eigenvalue weighted by Crippen LogP contribution is 2.30. The van der Waals surface area contributed by atoms with E-state index in [-0.39, 0.29) is 17.8 Å². The van der Waals surface area contributed by atoms with Gasteiger partial charge in [-0.25, -0.2) is 9.97 Å². The SMILES string of the molecule is COc1cnc(C(=O)N2C[C@@H]3OCCN(CC4CCCC4)[C@H]3C2)nc1. The van der Waals surface area contributed by atoms with Gasteiger partial charge >= 0.3 is 0 Å². The molecule has 2 atom stereocenters. The van der Waals surface area contributed by atoms with E-state index in [1.54, 1.807) is 7.11 Å². The summed E-state index contributed by atoms with van der Waals surface area (Å²) >= 11 is 0. The van der Waals surface area contributed by atoms with Crippen molar-refractivity contribution in [2.45, 2.75) is 37.8 Å². The lowest BCUT2D eigenvalue weighted by Gasteiger charge is -2.38. The summed E-state index contributed by atoms with van der Waals surface area (Å²) in [6, 6.07) is 0.302. The van der Waals surface area contributed by atoms with Gasteiger partial charge in [0.15, 0.2) is 5.75 Å². The summed E-state index contributed by atoms with van der Waals surface area (Å²) in [4.78, 5) is 25.4. The molecule has 1 aliphatic carbocycles. The Bertz CT molecular complexity index is 603. The molecule has 0 N–H and O–H groups in total. The lowest BCUT2D eigenvalue weighted by atomic mass is 10.0. The molecule has 4 rings (SSSR count). The summed E-state index contributed by atoms with van der Waals surface area (Å²) in [6.07, 6.45) is 8.59. The number of hydrogen-bond donors (Lipinski definition) is 0. The number of aromatic nitrogens is 2. The third kappa shape index (κ3) is 3.48. The van der Waals surface area contributed by atoms with Gasteiger partial charge in [-0.2, -0.15) is 0 Å². The van der Waals surface area contributed by atoms with E-state index in [1.165, 1.54) is 38.1 Å². The van der Waals surface area contributed by atoms with Crippen molar-refractivity contribution in [3.05, 3.63) is 18.2 Å². The van der Waals surface area contributed by atoms with E-state index in [1.807, 2.05) is 4.90 Å². The van der Waals surface area contributed by atoms with Crippen LogP contribution in [0.15, 0.2) is 12.4 Å². The summed E-state index contributed by atoms with van der Waals surface area (Å²) in [5, 5.41) is 0. The number of rotatable bonds is 4. The largest absolute Gasteiger partial charge is 0.494 e. The van der Waals surface area contributed by atoms with Crippen LogP contribution in [0.4, 0.5) is 0 Å². The normalized spacial score (nSPS) is 27.5. The minimum atomic E-state index is -0.124. The molecule has 1 aromatic heterocycles. The first-order valence-corrected chi connectivity index (χ1v) is 9.25. The molecule has 0 bridgehead atoms. The lowest BCUT2D eigenvalue weighted by Crippen LogP contribution is -2.52. The van der Waals surface area contributed by atoms with Gasteiger partial charge in [0.05, 0.1) is 38.3 Å². The number of hydrogen-bond acceptors (Lipinski definition) is 6. The average molecular weight is 346 g/mol. The zero-order chi connectivity index (χ0) is 17.2. The molecule has 136 valence electrons. The fourth-order valence-electron chi connectivity index (χ4n) is 4.35. The molecule has 7 heteroatoms. The molecule has 1 amide bonds. The molecule has 2 saturated heterocycles. The van der Waals surface area contributed by atoms with E-state index in [9.17, 15) is 4.79 Å². The molecule has 3 heterocycles. The molecule has 0 radical (unpaired) electrons. The Morgan fingerprint density at radius 3 is 2.76 bits per heavy atom. The number of likely N-dealkylation sites (tertiary alicyclic amines) is 1. The third-order valence-corrected chi connectivity index (χ3v) is 5.73. The van der Waals surface area contributed by atoms with Crippen LogP contribution in [-0.4, -0.2) is 77.7 Å². The standard InChI is InChI=1S/C18H26N4O3/c1-24-14-8-19-17(20-9-14)18(23)22-11-15-16(12-22)25-7-6-21(15)10-13-4-2-3-5-13/h8-9,13,15-16H,2-7,10-12H2,1H3/t15-,16-/m0/s1. The first-order valence-electron chi connectivity index (χ1n) is 9.25. The van der Waals surface area contributed by atoms with Crippen LogP contribution in [0.25, 0.3) is 0 Å². The van der Waals surface area contributed by atoms with Gasteiger partial charge in [0, 0.05) is 26.2 Å². The number of methoxy groups -OCH3 is 1. The number of carbonyl (C=O) groups is 1. The molecule has 0 aromatic carbocycles. The summed E-state index contributed by atoms with van der Waals surface area (Å²) < 4.78 is 11.0. The molecule has 3 fully saturated rings. The highest BCUT2D eigenvalue weighted by Gasteiger charge is 2.43. The van der Waals surface area contributed by atoms with Gasteiger partial charge in [0.2, 0.25) is 5.82 Å². The summed E-state index contributed by atoms with van der Waals surface area (Å²) in [7, 11) is 1.56. The number of fused-ring (bicyclic) bond motifs is 1. The highest BCUT2D eigenvalue weighted by atomic mass is 16.5. The van der Waals surface area contributed by atoms with Gasteiger partial charge in [-0.1, -0.05) is 12.8 Å². The predicted octanol–water partition coefficient (Wildman–Crippen LogP) is 1.20. The fourth-order valence-corrected chi connectivity index (χ4v) is 4.35. The Balaban J connectivity index is 1.41. The van der Waals surface area contributed by atoms with E-state index in [2.05, 4.69) is 14.9 Å². The molecular weight excluding hydrogens is 320 g/mol. The molecule has 3 aliphatic rings. The average Bonchev–Trinajstić information content (AvgIpc) is 3.31. The van der Waals surface area contributed by atoms with E-state index >= 15 is 0 Å². The molecule has 0 unspecified atom stereocenters. The van der Waals surface area contributed by atoms with Gasteiger partial charge < -0.3 is 14.4 Å². The second-order valence-electron chi connectivity index (χ2n) is 7.28. The molecule has 25 heavy (non-hydrogen) atoms. The first-order chi connectivity index (χ1) is 12.2. The van der Waals surface area contributed by atoms with E-state index in [4.69, 9.17) is 9.47 Å². The number of morpholine rings is 1. The van der Waals surface area contributed by atoms with Crippen LogP contribution >= 0.6 is 0 Å². The topological polar surface area (TPSA) is 67.8 Å². The summed E-state index contributed by atoms with van der Waals surface area (Å²) in [5.41, 5.74) is 0. The third-order valence-electron chi connectivity index (χ3n) is 5.73. The second-order valence-corrected chi connectivity index (χ2v) is 7.28. The Kier molecular flexibility index (Phi) is 4.85. The number of ether oxygens (including phenoxy) is 2. The van der Waals surface area contributed by atoms with E-state index < -0.39 is 0 Å². The smallest absolute Gasteiger partial charge is 0.291 e. The van der Waals surface area contributed by atoms with Crippen molar-refractivity contribution >= 4 is 5.91 Å². The maximum absolute atomic E-state index is 12.7. The Labute approximate surface area is 148 Å². The van der Waals surface area contributed by atoms with Crippen LogP contribution in [0.2, 0.25) is 0 Å². The van der Waals surface area contributed by atoms with Crippen LogP contribution < -0.4 is 4.74 Å². The van der Waals surface area contributed by atoms with Gasteiger partial charge in [-0.15, -0.1) is 0 Å². The summed E-state index contributed by atoms with van der Waals surface area (Å²) in [6.45, 7) is 4.20. The number of amides is 1. The maximum atomic E-state index is 12.7. The van der Waals surface area contributed by atoms with Crippen LogP contribution in [0.1, 0.15) is 36.3 Å². The van der Waals surface area contributed by atoms with Gasteiger partial charge in [0.1, 0.15) is 0 Å². The summed E-state index contributed by atoms with van der Waals surface area (Å²) in [5.74, 6) is 1.47. The number of nitrogens with zero attached hydrogens (tertiary/aromatic N) is 4. The second kappa shape index (κ2) is 7.25. The van der Waals surface area contributed by atoms with Crippen LogP contribution in [-0.2, 0) is 4.74 Å². The minimum Gasteiger partial charge on any atom is -0.494 e. The van der Waals surface area contributed by atoms with Gasteiger partial charge in [-0.05, 0) is 18.8 Å². The maximum Gasteiger partial charge on any atom is 0.291 e.